The van der Waals surface area contributed by atoms with Gasteiger partial charge in [0, 0.05) is 0 Å². The first-order valence-electron chi connectivity index (χ1n) is 6.34. The van der Waals surface area contributed by atoms with Gasteiger partial charge in [-0.1, -0.05) is 0 Å². The zero-order chi connectivity index (χ0) is 16.2. The molecular formula is C12H19N3O5S. The minimum atomic E-state index is -1.22. The fourth-order valence-electron chi connectivity index (χ4n) is 1.83. The predicted octanol–water partition coefficient (Wildman–Crippen LogP) is -0.361. The summed E-state index contributed by atoms with van der Waals surface area (Å²) in [6.45, 7) is 2.69. The number of urea groups is 1. The van der Waals surface area contributed by atoms with Crippen LogP contribution in [0.4, 0.5) is 4.79 Å². The molecule has 0 spiro atoms. The predicted molar refractivity (Wildman–Crippen MR) is 76.9 cm³/mol. The van der Waals surface area contributed by atoms with Gasteiger partial charge in [0.05, 0.1) is 0 Å². The summed E-state index contributed by atoms with van der Waals surface area (Å²) in [6.07, 6.45) is 2.09. The summed E-state index contributed by atoms with van der Waals surface area (Å²) in [5, 5.41) is 13.6. The minimum absolute atomic E-state index is 0.261. The van der Waals surface area contributed by atoms with Crippen LogP contribution in [-0.4, -0.2) is 64.0 Å². The zero-order valence-electron chi connectivity index (χ0n) is 12.1. The van der Waals surface area contributed by atoms with Gasteiger partial charge in [0.2, 0.25) is 5.91 Å². The van der Waals surface area contributed by atoms with E-state index in [4.69, 9.17) is 5.11 Å². The third-order valence-corrected chi connectivity index (χ3v) is 3.88. The number of amides is 4. The molecule has 21 heavy (non-hydrogen) atoms. The number of rotatable bonds is 5. The van der Waals surface area contributed by atoms with Crippen molar-refractivity contribution in [3.8, 4) is 0 Å². The molecule has 0 unspecified atom stereocenters. The highest BCUT2D eigenvalue weighted by atomic mass is 32.2. The van der Waals surface area contributed by atoms with Crippen molar-refractivity contribution in [3.63, 3.8) is 0 Å². The fraction of sp³-hybridized carbons (Fsp3) is 0.667. The molecule has 1 atom stereocenters. The monoisotopic (exact) mass is 317 g/mol. The molecule has 1 heterocycles. The maximum absolute atomic E-state index is 12.2. The summed E-state index contributed by atoms with van der Waals surface area (Å²) in [7, 11) is 0. The van der Waals surface area contributed by atoms with Gasteiger partial charge in [-0.25, -0.2) is 9.59 Å². The molecule has 0 aromatic carbocycles. The van der Waals surface area contributed by atoms with E-state index in [-0.39, 0.29) is 13.0 Å². The van der Waals surface area contributed by atoms with Crippen LogP contribution >= 0.6 is 11.8 Å². The van der Waals surface area contributed by atoms with E-state index in [0.29, 0.717) is 5.75 Å². The van der Waals surface area contributed by atoms with Crippen molar-refractivity contribution < 1.29 is 24.3 Å². The molecule has 3 N–H and O–H groups in total. The molecule has 0 aliphatic carbocycles. The van der Waals surface area contributed by atoms with Crippen molar-refractivity contribution in [2.45, 2.75) is 31.8 Å². The first-order valence-corrected chi connectivity index (χ1v) is 7.73. The lowest BCUT2D eigenvalue weighted by atomic mass is 9.99. The van der Waals surface area contributed by atoms with E-state index in [1.165, 1.54) is 25.6 Å². The lowest BCUT2D eigenvalue weighted by Gasteiger charge is -2.40. The largest absolute Gasteiger partial charge is 0.480 e. The Kier molecular flexibility index (Phi) is 5.59. The first-order chi connectivity index (χ1) is 9.70. The van der Waals surface area contributed by atoms with Crippen molar-refractivity contribution >= 4 is 35.6 Å². The van der Waals surface area contributed by atoms with Crippen LogP contribution in [0.15, 0.2) is 0 Å². The molecule has 0 aromatic rings. The highest BCUT2D eigenvalue weighted by molar-refractivity contribution is 7.98. The number of carbonyl (C=O) groups is 4. The van der Waals surface area contributed by atoms with E-state index in [0.717, 1.165) is 4.90 Å². The van der Waals surface area contributed by atoms with Crippen molar-refractivity contribution in [2.24, 2.45) is 0 Å². The Morgan fingerprint density at radius 1 is 1.48 bits per heavy atom. The molecule has 118 valence electrons. The van der Waals surface area contributed by atoms with E-state index >= 15 is 0 Å². The van der Waals surface area contributed by atoms with Crippen LogP contribution in [0, 0.1) is 0 Å². The van der Waals surface area contributed by atoms with E-state index < -0.39 is 35.4 Å². The van der Waals surface area contributed by atoms with Crippen LogP contribution in [0.25, 0.3) is 0 Å². The second kappa shape index (κ2) is 6.79. The number of nitrogens with zero attached hydrogens (tertiary/aromatic N) is 1. The maximum atomic E-state index is 12.2. The topological polar surface area (TPSA) is 116 Å². The van der Waals surface area contributed by atoms with Gasteiger partial charge in [0.15, 0.2) is 0 Å². The number of nitrogens with one attached hydrogen (secondary N) is 2. The van der Waals surface area contributed by atoms with Crippen molar-refractivity contribution in [3.05, 3.63) is 0 Å². The Morgan fingerprint density at radius 3 is 2.62 bits per heavy atom. The van der Waals surface area contributed by atoms with Crippen LogP contribution in [-0.2, 0) is 14.4 Å². The number of carbonyl (C=O) groups excluding carboxylic acids is 3. The molecule has 0 bridgehead atoms. The zero-order valence-corrected chi connectivity index (χ0v) is 13.0. The molecule has 0 radical (unpaired) electrons. The second-order valence-electron chi connectivity index (χ2n) is 5.14. The van der Waals surface area contributed by atoms with Crippen LogP contribution in [0.3, 0.4) is 0 Å². The molecule has 1 aliphatic heterocycles. The average Bonchev–Trinajstić information content (AvgIpc) is 2.38. The van der Waals surface area contributed by atoms with Crippen LogP contribution < -0.4 is 10.6 Å². The summed E-state index contributed by atoms with van der Waals surface area (Å²) < 4.78 is 0. The quantitative estimate of drug-likeness (QED) is 0.596. The number of aliphatic carboxylic acids is 1. The molecule has 0 saturated carbocycles. The summed E-state index contributed by atoms with van der Waals surface area (Å²) >= 11 is 1.46. The highest BCUT2D eigenvalue weighted by Crippen LogP contribution is 2.18. The normalized spacial score (nSPS) is 18.9. The van der Waals surface area contributed by atoms with Crippen molar-refractivity contribution in [2.75, 3.05) is 18.6 Å². The molecule has 1 saturated heterocycles. The Hall–Kier alpha value is -1.77. The van der Waals surface area contributed by atoms with Gasteiger partial charge in [-0.05, 0) is 32.3 Å². The molecule has 8 nitrogen and oxygen atoms in total. The number of thioether (sulfide) groups is 1. The summed E-state index contributed by atoms with van der Waals surface area (Å²) in [4.78, 5) is 47.5. The van der Waals surface area contributed by atoms with Gasteiger partial charge in [-0.3, -0.25) is 14.9 Å². The van der Waals surface area contributed by atoms with Gasteiger partial charge in [-0.2, -0.15) is 11.8 Å². The number of carboxylic acids is 1. The second-order valence-corrected chi connectivity index (χ2v) is 6.13. The number of piperazine rings is 1. The Labute approximate surface area is 126 Å². The van der Waals surface area contributed by atoms with Gasteiger partial charge >= 0.3 is 12.0 Å². The number of hydrogen-bond donors (Lipinski definition) is 3. The van der Waals surface area contributed by atoms with Crippen LogP contribution in [0.2, 0.25) is 0 Å². The summed E-state index contributed by atoms with van der Waals surface area (Å²) in [5.74, 6) is -1.77. The maximum Gasteiger partial charge on any atom is 0.326 e. The Morgan fingerprint density at radius 2 is 2.10 bits per heavy atom. The van der Waals surface area contributed by atoms with Gasteiger partial charge < -0.3 is 15.3 Å². The molecule has 1 aliphatic rings. The van der Waals surface area contributed by atoms with Crippen molar-refractivity contribution in [1.29, 1.82) is 0 Å². The number of imide groups is 1. The van der Waals surface area contributed by atoms with Gasteiger partial charge in [0.25, 0.3) is 5.91 Å². The fourth-order valence-corrected chi connectivity index (χ4v) is 2.30. The number of hydrogen-bond acceptors (Lipinski definition) is 5. The van der Waals surface area contributed by atoms with E-state index in [1.807, 2.05) is 6.26 Å². The lowest BCUT2D eigenvalue weighted by Crippen LogP contribution is -2.67. The standard InChI is InChI=1S/C12H19N3O5S/c1-12(2)10(19)14-8(16)6-15(12)11(20)13-7(9(17)18)4-5-21-3/h7H,4-6H2,1-3H3,(H,13,20)(H,17,18)(H,14,16,19)/t7-/m1/s1. The van der Waals surface area contributed by atoms with E-state index in [9.17, 15) is 19.2 Å². The molecule has 0 aromatic heterocycles. The van der Waals surface area contributed by atoms with Crippen molar-refractivity contribution in [1.82, 2.24) is 15.5 Å². The molecule has 4 amide bonds. The SMILES string of the molecule is CSCC[C@@H](NC(=O)N1CC(=O)NC(=O)C1(C)C)C(=O)O. The number of carboxylic acid groups (broad SMARTS) is 1. The Balaban J connectivity index is 2.82. The Bertz CT molecular complexity index is 466. The average molecular weight is 317 g/mol. The first kappa shape index (κ1) is 17.3. The van der Waals surface area contributed by atoms with Gasteiger partial charge in [-0.15, -0.1) is 0 Å². The highest BCUT2D eigenvalue weighted by Gasteiger charge is 2.44. The third-order valence-electron chi connectivity index (χ3n) is 3.24. The molecular weight excluding hydrogens is 298 g/mol. The van der Waals surface area contributed by atoms with Crippen LogP contribution in [0.5, 0.6) is 0 Å². The van der Waals surface area contributed by atoms with Gasteiger partial charge in [0.1, 0.15) is 18.1 Å². The van der Waals surface area contributed by atoms with E-state index in [2.05, 4.69) is 10.6 Å². The summed E-state index contributed by atoms with van der Waals surface area (Å²) in [5.41, 5.74) is -1.22. The van der Waals surface area contributed by atoms with E-state index in [1.54, 1.807) is 0 Å². The molecule has 1 rings (SSSR count). The third kappa shape index (κ3) is 4.10. The summed E-state index contributed by atoms with van der Waals surface area (Å²) in [6, 6.07) is -1.79. The lowest BCUT2D eigenvalue weighted by molar-refractivity contribution is -0.142. The molecule has 1 fully saturated rings. The smallest absolute Gasteiger partial charge is 0.326 e. The minimum Gasteiger partial charge on any atom is -0.480 e. The molecule has 9 heteroatoms. The van der Waals surface area contributed by atoms with Crippen LogP contribution in [0.1, 0.15) is 20.3 Å².